The zero-order valence-corrected chi connectivity index (χ0v) is 11.8. The number of sulfonamides is 1. The summed E-state index contributed by atoms with van der Waals surface area (Å²) in [5, 5.41) is 9.04. The van der Waals surface area contributed by atoms with Gasteiger partial charge < -0.3 is 5.11 Å². The van der Waals surface area contributed by atoms with Crippen LogP contribution in [0.5, 0.6) is 0 Å². The average molecular weight is 311 g/mol. The third-order valence-corrected chi connectivity index (χ3v) is 4.34. The fourth-order valence-electron chi connectivity index (χ4n) is 1.69. The first-order chi connectivity index (χ1) is 9.05. The quantitative estimate of drug-likeness (QED) is 0.875. The van der Waals surface area contributed by atoms with E-state index in [4.69, 9.17) is 5.11 Å². The van der Waals surface area contributed by atoms with Gasteiger partial charge in [0.2, 0.25) is 10.0 Å². The molecule has 1 aromatic rings. The monoisotopic (exact) mass is 311 g/mol. The van der Waals surface area contributed by atoms with Crippen molar-refractivity contribution < 1.29 is 26.7 Å². The Hall–Kier alpha value is -1.12. The number of hydrogen-bond acceptors (Lipinski definition) is 3. The van der Waals surface area contributed by atoms with Crippen LogP contribution < -0.4 is 4.72 Å². The number of halogens is 3. The van der Waals surface area contributed by atoms with Gasteiger partial charge in [0, 0.05) is 6.54 Å². The molecule has 0 radical (unpaired) electrons. The Morgan fingerprint density at radius 1 is 1.35 bits per heavy atom. The largest absolute Gasteiger partial charge is 0.416 e. The van der Waals surface area contributed by atoms with Gasteiger partial charge in [-0.05, 0) is 38.0 Å². The maximum Gasteiger partial charge on any atom is 0.416 e. The van der Waals surface area contributed by atoms with Crippen molar-refractivity contribution in [1.82, 2.24) is 4.72 Å². The van der Waals surface area contributed by atoms with Crippen LogP contribution in [0.1, 0.15) is 24.5 Å². The Kier molecular flexibility index (Phi) is 5.17. The van der Waals surface area contributed by atoms with Crippen molar-refractivity contribution in [2.24, 2.45) is 0 Å². The molecule has 0 heterocycles. The minimum absolute atomic E-state index is 0.0459. The lowest BCUT2D eigenvalue weighted by Gasteiger charge is -2.14. The number of hydrogen-bond donors (Lipinski definition) is 2. The first kappa shape index (κ1) is 16.9. The number of aliphatic hydroxyl groups excluding tert-OH is 1. The van der Waals surface area contributed by atoms with Crippen LogP contribution in [0.25, 0.3) is 0 Å². The van der Waals surface area contributed by atoms with Crippen molar-refractivity contribution >= 4 is 10.0 Å². The summed E-state index contributed by atoms with van der Waals surface area (Å²) in [6, 6.07) is 3.01. The molecule has 0 aliphatic heterocycles. The van der Waals surface area contributed by atoms with Crippen LogP contribution in [0.15, 0.2) is 23.1 Å². The smallest absolute Gasteiger partial charge is 0.393 e. The number of aliphatic hydroxyl groups is 1. The van der Waals surface area contributed by atoms with Crippen molar-refractivity contribution in [3.05, 3.63) is 29.3 Å². The van der Waals surface area contributed by atoms with Crippen molar-refractivity contribution in [2.75, 3.05) is 6.54 Å². The first-order valence-electron chi connectivity index (χ1n) is 5.90. The lowest BCUT2D eigenvalue weighted by atomic mass is 10.1. The van der Waals surface area contributed by atoms with Crippen LogP contribution in [0.2, 0.25) is 0 Å². The van der Waals surface area contributed by atoms with Crippen molar-refractivity contribution in [2.45, 2.75) is 37.4 Å². The van der Waals surface area contributed by atoms with Gasteiger partial charge in [-0.15, -0.1) is 0 Å². The molecular formula is C12H16F3NO3S. The van der Waals surface area contributed by atoms with Crippen LogP contribution in [0, 0.1) is 6.92 Å². The third kappa shape index (κ3) is 4.19. The van der Waals surface area contributed by atoms with E-state index in [1.54, 1.807) is 0 Å². The standard InChI is InChI=1S/C12H16F3NO3S/c1-8(17)6-7-16-20(18,19)11-5-3-4-10(9(11)2)12(13,14)15/h3-5,8,16-17H,6-7H2,1-2H3. The van der Waals surface area contributed by atoms with Gasteiger partial charge >= 0.3 is 6.18 Å². The van der Waals surface area contributed by atoms with Gasteiger partial charge in [-0.3, -0.25) is 0 Å². The van der Waals surface area contributed by atoms with Crippen LogP contribution in [-0.2, 0) is 16.2 Å². The maximum atomic E-state index is 12.7. The molecule has 0 aliphatic rings. The van der Waals surface area contributed by atoms with E-state index in [9.17, 15) is 21.6 Å². The third-order valence-electron chi connectivity index (χ3n) is 2.73. The lowest BCUT2D eigenvalue weighted by Crippen LogP contribution is -2.28. The summed E-state index contributed by atoms with van der Waals surface area (Å²) in [4.78, 5) is -0.405. The second-order valence-corrected chi connectivity index (χ2v) is 6.20. The highest BCUT2D eigenvalue weighted by Gasteiger charge is 2.34. The second kappa shape index (κ2) is 6.11. The summed E-state index contributed by atoms with van der Waals surface area (Å²) in [5.74, 6) is 0. The molecule has 1 atom stereocenters. The predicted molar refractivity (Wildman–Crippen MR) is 67.7 cm³/mol. The molecule has 0 aliphatic carbocycles. The summed E-state index contributed by atoms with van der Waals surface area (Å²) in [7, 11) is -4.03. The molecule has 1 unspecified atom stereocenters. The molecule has 114 valence electrons. The molecule has 0 amide bonds. The van der Waals surface area contributed by atoms with E-state index in [0.717, 1.165) is 25.1 Å². The van der Waals surface area contributed by atoms with Crippen LogP contribution in [0.3, 0.4) is 0 Å². The lowest BCUT2D eigenvalue weighted by molar-refractivity contribution is -0.138. The van der Waals surface area contributed by atoms with Crippen LogP contribution >= 0.6 is 0 Å². The Bertz CT molecular complexity index is 568. The molecule has 0 saturated carbocycles. The van der Waals surface area contributed by atoms with E-state index in [1.165, 1.54) is 6.92 Å². The maximum absolute atomic E-state index is 12.7. The van der Waals surface area contributed by atoms with Crippen molar-refractivity contribution in [1.29, 1.82) is 0 Å². The SMILES string of the molecule is Cc1c(C(F)(F)F)cccc1S(=O)(=O)NCCC(C)O. The number of alkyl halides is 3. The van der Waals surface area contributed by atoms with Gasteiger partial charge in [0.25, 0.3) is 0 Å². The summed E-state index contributed by atoms with van der Waals surface area (Å²) in [6.45, 7) is 2.56. The minimum atomic E-state index is -4.60. The summed E-state index contributed by atoms with van der Waals surface area (Å²) < 4.78 is 64.3. The van der Waals surface area contributed by atoms with Crippen molar-refractivity contribution in [3.8, 4) is 0 Å². The van der Waals surface area contributed by atoms with Gasteiger partial charge in [-0.1, -0.05) is 6.07 Å². The zero-order chi connectivity index (χ0) is 15.6. The zero-order valence-electron chi connectivity index (χ0n) is 11.0. The molecule has 4 nitrogen and oxygen atoms in total. The van der Waals surface area contributed by atoms with Gasteiger partial charge in [0.05, 0.1) is 16.6 Å². The Balaban J connectivity index is 3.08. The molecule has 2 N–H and O–H groups in total. The normalized spacial score (nSPS) is 14.3. The fraction of sp³-hybridized carbons (Fsp3) is 0.500. The van der Waals surface area contributed by atoms with E-state index >= 15 is 0 Å². The van der Waals surface area contributed by atoms with E-state index in [-0.39, 0.29) is 18.5 Å². The molecule has 20 heavy (non-hydrogen) atoms. The highest BCUT2D eigenvalue weighted by molar-refractivity contribution is 7.89. The van der Waals surface area contributed by atoms with E-state index < -0.39 is 32.8 Å². The summed E-state index contributed by atoms with van der Waals surface area (Å²) in [6.07, 6.45) is -5.12. The minimum Gasteiger partial charge on any atom is -0.393 e. The Morgan fingerprint density at radius 2 is 1.95 bits per heavy atom. The Labute approximate surface area is 115 Å². The fourth-order valence-corrected chi connectivity index (χ4v) is 3.01. The molecule has 1 rings (SSSR count). The summed E-state index contributed by atoms with van der Waals surface area (Å²) >= 11 is 0. The number of rotatable bonds is 5. The predicted octanol–water partition coefficient (Wildman–Crippen LogP) is 2.06. The van der Waals surface area contributed by atoms with Gasteiger partial charge in [0.15, 0.2) is 0 Å². The van der Waals surface area contributed by atoms with E-state index in [1.807, 2.05) is 0 Å². The first-order valence-corrected chi connectivity index (χ1v) is 7.38. The Morgan fingerprint density at radius 3 is 2.45 bits per heavy atom. The van der Waals surface area contributed by atoms with Gasteiger partial charge in [0.1, 0.15) is 0 Å². The topological polar surface area (TPSA) is 66.4 Å². The molecule has 0 spiro atoms. The molecule has 8 heteroatoms. The molecular weight excluding hydrogens is 295 g/mol. The van der Waals surface area contributed by atoms with Crippen LogP contribution in [-0.4, -0.2) is 26.2 Å². The molecule has 0 aromatic heterocycles. The molecule has 1 aromatic carbocycles. The molecule has 0 bridgehead atoms. The van der Waals surface area contributed by atoms with Crippen LogP contribution in [0.4, 0.5) is 13.2 Å². The van der Waals surface area contributed by atoms with Gasteiger partial charge in [-0.2, -0.15) is 13.2 Å². The second-order valence-electron chi connectivity index (χ2n) is 4.46. The highest BCUT2D eigenvalue weighted by atomic mass is 32.2. The van der Waals surface area contributed by atoms with Gasteiger partial charge in [-0.25, -0.2) is 13.1 Å². The van der Waals surface area contributed by atoms with E-state index in [0.29, 0.717) is 0 Å². The summed E-state index contributed by atoms with van der Waals surface area (Å²) in [5.41, 5.74) is -1.32. The number of nitrogens with one attached hydrogen (secondary N) is 1. The van der Waals surface area contributed by atoms with Crippen molar-refractivity contribution in [3.63, 3.8) is 0 Å². The molecule has 0 saturated heterocycles. The average Bonchev–Trinajstić information content (AvgIpc) is 2.26. The molecule has 0 fully saturated rings. The highest BCUT2D eigenvalue weighted by Crippen LogP contribution is 2.34. The number of benzene rings is 1. The van der Waals surface area contributed by atoms with E-state index in [2.05, 4.69) is 4.72 Å².